The second-order valence-corrected chi connectivity index (χ2v) is 6.72. The fourth-order valence-corrected chi connectivity index (χ4v) is 3.43. The topological polar surface area (TPSA) is 63.9 Å². The molecule has 1 unspecified atom stereocenters. The normalized spacial score (nSPS) is 15.7. The monoisotopic (exact) mass is 392 g/mol. The van der Waals surface area contributed by atoms with Crippen LogP contribution in [-0.4, -0.2) is 30.6 Å². The smallest absolute Gasteiger partial charge is 0.258 e. The molecule has 2 heterocycles. The molecule has 1 aliphatic rings. The van der Waals surface area contributed by atoms with E-state index in [0.717, 1.165) is 22.8 Å². The highest BCUT2D eigenvalue weighted by Gasteiger charge is 2.33. The van der Waals surface area contributed by atoms with E-state index in [1.807, 2.05) is 67.6 Å². The molecule has 0 saturated heterocycles. The van der Waals surface area contributed by atoms with Gasteiger partial charge >= 0.3 is 0 Å². The van der Waals surface area contributed by atoms with Gasteiger partial charge in [0.1, 0.15) is 24.3 Å². The third-order valence-corrected chi connectivity index (χ3v) is 4.80. The Morgan fingerprint density at radius 1 is 1.07 bits per heavy atom. The van der Waals surface area contributed by atoms with Crippen molar-refractivity contribution >= 4 is 11.6 Å². The molecule has 1 aliphatic heterocycles. The van der Waals surface area contributed by atoms with E-state index in [1.54, 1.807) is 11.2 Å². The standard InChI is InChI=1S/C23H24N2O4/c1-2-27-13-14-29-18-8-5-7-17(15-18)22-24-21-11-4-3-10-20(21)23(26)25(22)16-19-9-6-12-28-19/h3-12,15,22,24H,2,13-14,16H2,1H3. The molecule has 29 heavy (non-hydrogen) atoms. The van der Waals surface area contributed by atoms with E-state index >= 15 is 0 Å². The van der Waals surface area contributed by atoms with E-state index in [0.29, 0.717) is 31.9 Å². The first-order valence-corrected chi connectivity index (χ1v) is 9.75. The maximum Gasteiger partial charge on any atom is 0.258 e. The quantitative estimate of drug-likeness (QED) is 0.574. The molecular weight excluding hydrogens is 368 g/mol. The largest absolute Gasteiger partial charge is 0.491 e. The van der Waals surface area contributed by atoms with Crippen molar-refractivity contribution in [2.75, 3.05) is 25.1 Å². The highest BCUT2D eigenvalue weighted by Crippen LogP contribution is 2.35. The SMILES string of the molecule is CCOCCOc1cccc(C2Nc3ccccc3C(=O)N2Cc2ccco2)c1. The van der Waals surface area contributed by atoms with E-state index in [1.165, 1.54) is 0 Å². The highest BCUT2D eigenvalue weighted by molar-refractivity contribution is 6.01. The van der Waals surface area contributed by atoms with Gasteiger partial charge in [0.25, 0.3) is 5.91 Å². The third kappa shape index (κ3) is 4.27. The molecule has 4 rings (SSSR count). The zero-order valence-corrected chi connectivity index (χ0v) is 16.3. The lowest BCUT2D eigenvalue weighted by Crippen LogP contribution is -2.42. The lowest BCUT2D eigenvalue weighted by atomic mass is 10.0. The van der Waals surface area contributed by atoms with Crippen LogP contribution in [0.3, 0.4) is 0 Å². The number of fused-ring (bicyclic) bond motifs is 1. The molecule has 0 saturated carbocycles. The molecule has 2 aromatic carbocycles. The summed E-state index contributed by atoms with van der Waals surface area (Å²) in [6.07, 6.45) is 1.28. The van der Waals surface area contributed by atoms with Gasteiger partial charge in [-0.1, -0.05) is 24.3 Å². The lowest BCUT2D eigenvalue weighted by molar-refractivity contribution is 0.0651. The number of carbonyl (C=O) groups excluding carboxylic acids is 1. The van der Waals surface area contributed by atoms with E-state index in [-0.39, 0.29) is 12.1 Å². The molecule has 150 valence electrons. The minimum Gasteiger partial charge on any atom is -0.491 e. The van der Waals surface area contributed by atoms with Crippen LogP contribution in [0.2, 0.25) is 0 Å². The molecule has 6 nitrogen and oxygen atoms in total. The Morgan fingerprint density at radius 3 is 2.79 bits per heavy atom. The molecule has 0 bridgehead atoms. The van der Waals surface area contributed by atoms with Gasteiger partial charge in [-0.3, -0.25) is 4.79 Å². The molecule has 0 spiro atoms. The molecule has 1 atom stereocenters. The van der Waals surface area contributed by atoms with Crippen LogP contribution < -0.4 is 10.1 Å². The minimum atomic E-state index is -0.335. The number of amides is 1. The van der Waals surface area contributed by atoms with Gasteiger partial charge in [-0.25, -0.2) is 0 Å². The first-order chi connectivity index (χ1) is 14.3. The van der Waals surface area contributed by atoms with E-state index in [9.17, 15) is 4.79 Å². The first-order valence-electron chi connectivity index (χ1n) is 9.75. The number of para-hydroxylation sites is 1. The predicted molar refractivity (Wildman–Crippen MR) is 110 cm³/mol. The number of nitrogens with zero attached hydrogens (tertiary/aromatic N) is 1. The van der Waals surface area contributed by atoms with Crippen molar-refractivity contribution in [1.82, 2.24) is 4.90 Å². The van der Waals surface area contributed by atoms with Gasteiger partial charge in [0.05, 0.1) is 25.0 Å². The van der Waals surface area contributed by atoms with E-state index in [2.05, 4.69) is 5.32 Å². The van der Waals surface area contributed by atoms with Crippen LogP contribution in [0.15, 0.2) is 71.3 Å². The van der Waals surface area contributed by atoms with Gasteiger partial charge in [0.2, 0.25) is 0 Å². The van der Waals surface area contributed by atoms with Gasteiger partial charge < -0.3 is 24.1 Å². The van der Waals surface area contributed by atoms with Crippen molar-refractivity contribution in [1.29, 1.82) is 0 Å². The second-order valence-electron chi connectivity index (χ2n) is 6.72. The molecule has 3 aromatic rings. The van der Waals surface area contributed by atoms with Crippen LogP contribution in [-0.2, 0) is 11.3 Å². The molecule has 0 aliphatic carbocycles. The molecule has 1 N–H and O–H groups in total. The van der Waals surface area contributed by atoms with Gasteiger partial charge in [0.15, 0.2) is 0 Å². The fraction of sp³-hybridized carbons (Fsp3) is 0.261. The van der Waals surface area contributed by atoms with Crippen LogP contribution in [0.25, 0.3) is 0 Å². The van der Waals surface area contributed by atoms with Gasteiger partial charge in [-0.2, -0.15) is 0 Å². The summed E-state index contributed by atoms with van der Waals surface area (Å²) in [4.78, 5) is 15.0. The minimum absolute atomic E-state index is 0.0385. The average Bonchev–Trinajstić information content (AvgIpc) is 3.27. The summed E-state index contributed by atoms with van der Waals surface area (Å²) >= 11 is 0. The number of anilines is 1. The van der Waals surface area contributed by atoms with Crippen LogP contribution >= 0.6 is 0 Å². The number of hydrogen-bond donors (Lipinski definition) is 1. The van der Waals surface area contributed by atoms with Crippen LogP contribution in [0, 0.1) is 0 Å². The van der Waals surface area contributed by atoms with Crippen LogP contribution in [0.5, 0.6) is 5.75 Å². The first kappa shape index (κ1) is 19.1. The summed E-state index contributed by atoms with van der Waals surface area (Å²) in [6, 6.07) is 19.0. The van der Waals surface area contributed by atoms with Crippen molar-refractivity contribution in [3.8, 4) is 5.75 Å². The Kier molecular flexibility index (Phi) is 5.81. The zero-order chi connectivity index (χ0) is 20.1. The summed E-state index contributed by atoms with van der Waals surface area (Å²) in [6.45, 7) is 4.01. The summed E-state index contributed by atoms with van der Waals surface area (Å²) in [5.41, 5.74) is 2.41. The van der Waals surface area contributed by atoms with Gasteiger partial charge in [-0.15, -0.1) is 0 Å². The van der Waals surface area contributed by atoms with E-state index < -0.39 is 0 Å². The lowest BCUT2D eigenvalue weighted by Gasteiger charge is -2.37. The summed E-state index contributed by atoms with van der Waals surface area (Å²) in [5, 5.41) is 3.49. The van der Waals surface area contributed by atoms with Crippen molar-refractivity contribution < 1.29 is 18.7 Å². The van der Waals surface area contributed by atoms with Crippen molar-refractivity contribution in [3.05, 3.63) is 83.8 Å². The van der Waals surface area contributed by atoms with Gasteiger partial charge in [0, 0.05) is 12.3 Å². The Morgan fingerprint density at radius 2 is 1.97 bits per heavy atom. The highest BCUT2D eigenvalue weighted by atomic mass is 16.5. The number of ether oxygens (including phenoxy) is 2. The molecule has 6 heteroatoms. The van der Waals surface area contributed by atoms with Crippen LogP contribution in [0.4, 0.5) is 5.69 Å². The number of furan rings is 1. The van der Waals surface area contributed by atoms with Crippen molar-refractivity contribution in [2.24, 2.45) is 0 Å². The van der Waals surface area contributed by atoms with Crippen molar-refractivity contribution in [2.45, 2.75) is 19.6 Å². The third-order valence-electron chi connectivity index (χ3n) is 4.80. The van der Waals surface area contributed by atoms with Crippen LogP contribution in [0.1, 0.15) is 34.8 Å². The number of benzene rings is 2. The number of nitrogens with one attached hydrogen (secondary N) is 1. The number of rotatable bonds is 8. The Hall–Kier alpha value is -3.25. The fourth-order valence-electron chi connectivity index (χ4n) is 3.43. The Bertz CT molecular complexity index is 955. The summed E-state index contributed by atoms with van der Waals surface area (Å²) < 4.78 is 16.6. The summed E-state index contributed by atoms with van der Waals surface area (Å²) in [5.74, 6) is 1.44. The number of hydrogen-bond acceptors (Lipinski definition) is 5. The zero-order valence-electron chi connectivity index (χ0n) is 16.3. The maximum absolute atomic E-state index is 13.3. The maximum atomic E-state index is 13.3. The Labute approximate surface area is 170 Å². The number of carbonyl (C=O) groups is 1. The molecule has 0 fully saturated rings. The molecular formula is C23H24N2O4. The Balaban J connectivity index is 1.62. The molecule has 1 aromatic heterocycles. The van der Waals surface area contributed by atoms with E-state index in [4.69, 9.17) is 13.9 Å². The van der Waals surface area contributed by atoms with Crippen molar-refractivity contribution in [3.63, 3.8) is 0 Å². The second kappa shape index (κ2) is 8.84. The average molecular weight is 392 g/mol. The predicted octanol–water partition coefficient (Wildman–Crippen LogP) is 4.46. The molecule has 1 amide bonds. The molecule has 0 radical (unpaired) electrons. The van der Waals surface area contributed by atoms with Gasteiger partial charge in [-0.05, 0) is 48.9 Å². The summed E-state index contributed by atoms with van der Waals surface area (Å²) in [7, 11) is 0.